The molecule has 0 aliphatic carbocycles. The highest BCUT2D eigenvalue weighted by Gasteiger charge is 2.38. The fourth-order valence-electron chi connectivity index (χ4n) is 0.990. The van der Waals surface area contributed by atoms with Crippen LogP contribution in [0.1, 0.15) is 0 Å². The third-order valence-corrected chi connectivity index (χ3v) is 2.20. The summed E-state index contributed by atoms with van der Waals surface area (Å²) in [5.41, 5.74) is 0. The summed E-state index contributed by atoms with van der Waals surface area (Å²) in [6.45, 7) is -0.233. The largest absolute Gasteiger partial charge is 0.492 e. The van der Waals surface area contributed by atoms with Crippen LogP contribution in [0.3, 0.4) is 0 Å². The van der Waals surface area contributed by atoms with Gasteiger partial charge in [0.15, 0.2) is 0 Å². The molecule has 0 aliphatic heterocycles. The minimum atomic E-state index is -4.85. The smallest absolute Gasteiger partial charge is 0.471 e. The normalized spacial score (nSPS) is 11.1. The summed E-state index contributed by atoms with van der Waals surface area (Å²) >= 11 is 3.22. The van der Waals surface area contributed by atoms with Gasteiger partial charge in [0.1, 0.15) is 12.4 Å². The van der Waals surface area contributed by atoms with E-state index in [-0.39, 0.29) is 13.2 Å². The Morgan fingerprint density at radius 3 is 2.71 bits per heavy atom. The first-order chi connectivity index (χ1) is 7.89. The lowest BCUT2D eigenvalue weighted by Crippen LogP contribution is -2.38. The van der Waals surface area contributed by atoms with Crippen molar-refractivity contribution in [2.45, 2.75) is 6.18 Å². The molecule has 0 aliphatic rings. The van der Waals surface area contributed by atoms with Gasteiger partial charge in [-0.3, -0.25) is 4.79 Å². The molecule has 1 amide bonds. The Bertz CT molecular complexity index is 395. The Morgan fingerprint density at radius 2 is 2.12 bits per heavy atom. The van der Waals surface area contributed by atoms with Crippen LogP contribution in [-0.4, -0.2) is 25.2 Å². The lowest BCUT2D eigenvalue weighted by molar-refractivity contribution is -0.173. The van der Waals surface area contributed by atoms with Crippen LogP contribution in [0, 0.1) is 0 Å². The number of ether oxygens (including phenoxy) is 1. The molecule has 0 saturated heterocycles. The van der Waals surface area contributed by atoms with Crippen LogP contribution in [0.25, 0.3) is 0 Å². The average Bonchev–Trinajstić information content (AvgIpc) is 2.23. The van der Waals surface area contributed by atoms with Crippen LogP contribution in [0.5, 0.6) is 5.75 Å². The number of alkyl halides is 3. The molecule has 0 atom stereocenters. The van der Waals surface area contributed by atoms with Gasteiger partial charge in [0, 0.05) is 4.47 Å². The minimum absolute atomic E-state index is 0.0295. The van der Waals surface area contributed by atoms with Crippen molar-refractivity contribution in [2.75, 3.05) is 13.2 Å². The first-order valence-corrected chi connectivity index (χ1v) is 5.42. The molecule has 0 bridgehead atoms. The van der Waals surface area contributed by atoms with Crippen LogP contribution >= 0.6 is 15.9 Å². The van der Waals surface area contributed by atoms with Gasteiger partial charge in [-0.2, -0.15) is 13.2 Å². The third kappa shape index (κ3) is 5.08. The Kier molecular flexibility index (Phi) is 4.80. The van der Waals surface area contributed by atoms with E-state index < -0.39 is 12.1 Å². The number of hydrogen-bond acceptors (Lipinski definition) is 2. The molecule has 0 heterocycles. The maximum Gasteiger partial charge on any atom is 0.471 e. The van der Waals surface area contributed by atoms with Crippen LogP contribution in [0.15, 0.2) is 28.7 Å². The molecule has 0 radical (unpaired) electrons. The molecular weight excluding hydrogens is 303 g/mol. The average molecular weight is 312 g/mol. The summed E-state index contributed by atoms with van der Waals surface area (Å²) in [5, 5.41) is 1.71. The molecule has 17 heavy (non-hydrogen) atoms. The van der Waals surface area contributed by atoms with Crippen molar-refractivity contribution >= 4 is 21.8 Å². The van der Waals surface area contributed by atoms with Crippen LogP contribution in [0.4, 0.5) is 13.2 Å². The molecular formula is C10H9BrF3NO2. The Labute approximate surface area is 104 Å². The maximum atomic E-state index is 11.8. The molecule has 1 rings (SSSR count). The fraction of sp³-hybridized carbons (Fsp3) is 0.300. The topological polar surface area (TPSA) is 38.3 Å². The van der Waals surface area contributed by atoms with Crippen LogP contribution in [-0.2, 0) is 4.79 Å². The van der Waals surface area contributed by atoms with E-state index in [0.29, 0.717) is 5.75 Å². The third-order valence-electron chi connectivity index (χ3n) is 1.71. The summed E-state index contributed by atoms with van der Waals surface area (Å²) in [5.74, 6) is -1.45. The lowest BCUT2D eigenvalue weighted by Gasteiger charge is -2.09. The van der Waals surface area contributed by atoms with Gasteiger partial charge in [-0.1, -0.05) is 22.0 Å². The number of nitrogens with one attached hydrogen (secondary N) is 1. The van der Waals surface area contributed by atoms with E-state index in [9.17, 15) is 18.0 Å². The number of rotatable bonds is 4. The Balaban J connectivity index is 2.28. The van der Waals surface area contributed by atoms with Crippen LogP contribution < -0.4 is 10.1 Å². The molecule has 1 aromatic rings. The number of amides is 1. The van der Waals surface area contributed by atoms with Crippen molar-refractivity contribution < 1.29 is 22.7 Å². The first-order valence-electron chi connectivity index (χ1n) is 4.63. The Hall–Kier alpha value is -1.24. The van der Waals surface area contributed by atoms with E-state index in [0.717, 1.165) is 4.47 Å². The van der Waals surface area contributed by atoms with Crippen molar-refractivity contribution in [2.24, 2.45) is 0 Å². The van der Waals surface area contributed by atoms with Crippen LogP contribution in [0.2, 0.25) is 0 Å². The quantitative estimate of drug-likeness (QED) is 0.868. The van der Waals surface area contributed by atoms with Crippen molar-refractivity contribution in [1.29, 1.82) is 0 Å². The maximum absolute atomic E-state index is 11.8. The summed E-state index contributed by atoms with van der Waals surface area (Å²) in [7, 11) is 0. The molecule has 0 fully saturated rings. The van der Waals surface area contributed by atoms with Crippen molar-refractivity contribution in [3.63, 3.8) is 0 Å². The summed E-state index contributed by atoms with van der Waals surface area (Å²) < 4.78 is 41.3. The van der Waals surface area contributed by atoms with Gasteiger partial charge in [-0.05, 0) is 18.2 Å². The van der Waals surface area contributed by atoms with E-state index in [2.05, 4.69) is 15.9 Å². The van der Waals surface area contributed by atoms with Gasteiger partial charge in [0.25, 0.3) is 0 Å². The molecule has 0 spiro atoms. The van der Waals surface area contributed by atoms with E-state index in [1.54, 1.807) is 29.6 Å². The monoisotopic (exact) mass is 311 g/mol. The van der Waals surface area contributed by atoms with E-state index in [4.69, 9.17) is 4.74 Å². The van der Waals surface area contributed by atoms with Gasteiger partial charge in [-0.15, -0.1) is 0 Å². The molecule has 0 unspecified atom stereocenters. The predicted molar refractivity (Wildman–Crippen MR) is 58.7 cm³/mol. The van der Waals surface area contributed by atoms with Gasteiger partial charge in [-0.25, -0.2) is 0 Å². The molecule has 7 heteroatoms. The Morgan fingerprint density at radius 1 is 1.41 bits per heavy atom. The predicted octanol–water partition coefficient (Wildman–Crippen LogP) is 2.51. The van der Waals surface area contributed by atoms with Crippen molar-refractivity contribution in [1.82, 2.24) is 5.32 Å². The summed E-state index contributed by atoms with van der Waals surface area (Å²) in [4.78, 5) is 10.4. The highest BCUT2D eigenvalue weighted by molar-refractivity contribution is 9.10. The SMILES string of the molecule is O=C(NCCOc1cccc(Br)c1)C(F)(F)F. The molecule has 3 nitrogen and oxygen atoms in total. The number of benzene rings is 1. The fourth-order valence-corrected chi connectivity index (χ4v) is 1.37. The molecule has 0 saturated carbocycles. The number of halogens is 4. The number of carbonyl (C=O) groups is 1. The second kappa shape index (κ2) is 5.90. The highest BCUT2D eigenvalue weighted by atomic mass is 79.9. The van der Waals surface area contributed by atoms with E-state index in [1.165, 1.54) is 0 Å². The zero-order valence-electron chi connectivity index (χ0n) is 8.55. The lowest BCUT2D eigenvalue weighted by atomic mass is 10.3. The van der Waals surface area contributed by atoms with Gasteiger partial charge in [0.2, 0.25) is 0 Å². The van der Waals surface area contributed by atoms with Gasteiger partial charge >= 0.3 is 12.1 Å². The summed E-state index contributed by atoms with van der Waals surface area (Å²) in [6.07, 6.45) is -4.85. The standard InChI is InChI=1S/C10H9BrF3NO2/c11-7-2-1-3-8(6-7)17-5-4-15-9(16)10(12,13)14/h1-3,6H,4-5H2,(H,15,16). The zero-order chi connectivity index (χ0) is 12.9. The van der Waals surface area contributed by atoms with Crippen molar-refractivity contribution in [3.8, 4) is 5.75 Å². The van der Waals surface area contributed by atoms with E-state index in [1.807, 2.05) is 0 Å². The van der Waals surface area contributed by atoms with E-state index >= 15 is 0 Å². The number of carbonyl (C=O) groups excluding carboxylic acids is 1. The molecule has 0 aromatic heterocycles. The second-order valence-corrected chi connectivity index (χ2v) is 3.98. The summed E-state index contributed by atoms with van der Waals surface area (Å²) in [6, 6.07) is 6.86. The minimum Gasteiger partial charge on any atom is -0.492 e. The molecule has 94 valence electrons. The highest BCUT2D eigenvalue weighted by Crippen LogP contribution is 2.17. The molecule has 1 N–H and O–H groups in total. The molecule has 1 aromatic carbocycles. The van der Waals surface area contributed by atoms with Gasteiger partial charge < -0.3 is 10.1 Å². The number of hydrogen-bond donors (Lipinski definition) is 1. The zero-order valence-corrected chi connectivity index (χ0v) is 10.1. The second-order valence-electron chi connectivity index (χ2n) is 3.06. The van der Waals surface area contributed by atoms with Crippen molar-refractivity contribution in [3.05, 3.63) is 28.7 Å². The first kappa shape index (κ1) is 13.8. The van der Waals surface area contributed by atoms with Gasteiger partial charge in [0.05, 0.1) is 6.54 Å².